The zero-order valence-electron chi connectivity index (χ0n) is 11.7. The summed E-state index contributed by atoms with van der Waals surface area (Å²) in [6.07, 6.45) is 2.86. The summed E-state index contributed by atoms with van der Waals surface area (Å²) >= 11 is 0. The molecule has 18 heavy (non-hydrogen) atoms. The number of esters is 2. The van der Waals surface area contributed by atoms with Gasteiger partial charge in [-0.1, -0.05) is 6.42 Å². The number of nitrogens with zero attached hydrogens (tertiary/aromatic N) is 1. The summed E-state index contributed by atoms with van der Waals surface area (Å²) in [5, 5.41) is 0. The summed E-state index contributed by atoms with van der Waals surface area (Å²) in [7, 11) is 2.79. The van der Waals surface area contributed by atoms with Crippen LogP contribution in [-0.4, -0.2) is 50.2 Å². The van der Waals surface area contributed by atoms with Gasteiger partial charge in [-0.05, 0) is 33.2 Å². The number of hydrogen-bond acceptors (Lipinski definition) is 5. The van der Waals surface area contributed by atoms with Gasteiger partial charge < -0.3 is 9.47 Å². The van der Waals surface area contributed by atoms with E-state index >= 15 is 0 Å². The maximum atomic E-state index is 11.7. The van der Waals surface area contributed by atoms with Gasteiger partial charge in [-0.2, -0.15) is 0 Å². The van der Waals surface area contributed by atoms with Crippen LogP contribution in [0.5, 0.6) is 0 Å². The molecule has 0 spiro atoms. The molecule has 0 N–H and O–H groups in total. The molecule has 5 nitrogen and oxygen atoms in total. The topological polar surface area (TPSA) is 55.8 Å². The first-order valence-electron chi connectivity index (χ1n) is 6.32. The Morgan fingerprint density at radius 2 is 1.89 bits per heavy atom. The van der Waals surface area contributed by atoms with Crippen LogP contribution < -0.4 is 0 Å². The molecule has 0 unspecified atom stereocenters. The smallest absolute Gasteiger partial charge is 0.323 e. The molecule has 0 aromatic rings. The second kappa shape index (κ2) is 6.18. The van der Waals surface area contributed by atoms with E-state index in [1.165, 1.54) is 14.2 Å². The second-order valence-corrected chi connectivity index (χ2v) is 5.38. The molecule has 1 aliphatic rings. The lowest BCUT2D eigenvalue weighted by Gasteiger charge is -2.37. The number of carbonyl (C=O) groups excluding carboxylic acids is 2. The fraction of sp³-hybridized carbons (Fsp3) is 0.846. The molecule has 104 valence electrons. The molecule has 5 heteroatoms. The van der Waals surface area contributed by atoms with E-state index in [2.05, 4.69) is 0 Å². The maximum absolute atomic E-state index is 11.7. The lowest BCUT2D eigenvalue weighted by Crippen LogP contribution is -2.50. The van der Waals surface area contributed by atoms with Crippen LogP contribution in [0.15, 0.2) is 0 Å². The highest BCUT2D eigenvalue weighted by atomic mass is 16.5. The van der Waals surface area contributed by atoms with Gasteiger partial charge in [-0.3, -0.25) is 14.5 Å². The van der Waals surface area contributed by atoms with E-state index in [-0.39, 0.29) is 18.0 Å². The number of carbonyl (C=O) groups is 2. The van der Waals surface area contributed by atoms with Crippen molar-refractivity contribution in [3.63, 3.8) is 0 Å². The number of methoxy groups -OCH3 is 2. The Hall–Kier alpha value is -1.10. The van der Waals surface area contributed by atoms with Crippen molar-refractivity contribution in [1.29, 1.82) is 0 Å². The van der Waals surface area contributed by atoms with E-state index in [9.17, 15) is 9.59 Å². The SMILES string of the molecule is COC(=O)[C@H]1CCCCN1CC(C)(C)C(=O)OC. The molecular weight excluding hydrogens is 234 g/mol. The number of piperidine rings is 1. The molecule has 0 aromatic carbocycles. The first-order valence-corrected chi connectivity index (χ1v) is 6.32. The van der Waals surface area contributed by atoms with Crippen molar-refractivity contribution in [3.05, 3.63) is 0 Å². The number of likely N-dealkylation sites (tertiary alicyclic amines) is 1. The van der Waals surface area contributed by atoms with E-state index in [1.54, 1.807) is 0 Å². The predicted octanol–water partition coefficient (Wildman–Crippen LogP) is 1.21. The summed E-state index contributed by atoms with van der Waals surface area (Å²) in [6, 6.07) is -0.229. The minimum Gasteiger partial charge on any atom is -0.469 e. The largest absolute Gasteiger partial charge is 0.469 e. The zero-order valence-corrected chi connectivity index (χ0v) is 11.7. The van der Waals surface area contributed by atoms with Crippen LogP contribution in [0.25, 0.3) is 0 Å². The minimum absolute atomic E-state index is 0.213. The Labute approximate surface area is 108 Å². The van der Waals surface area contributed by atoms with Gasteiger partial charge in [0.05, 0.1) is 19.6 Å². The van der Waals surface area contributed by atoms with Gasteiger partial charge in [0.25, 0.3) is 0 Å². The van der Waals surface area contributed by atoms with Crippen molar-refractivity contribution in [2.24, 2.45) is 5.41 Å². The van der Waals surface area contributed by atoms with Gasteiger partial charge in [0.15, 0.2) is 0 Å². The van der Waals surface area contributed by atoms with Crippen molar-refractivity contribution < 1.29 is 19.1 Å². The highest BCUT2D eigenvalue weighted by Crippen LogP contribution is 2.25. The highest BCUT2D eigenvalue weighted by Gasteiger charge is 2.37. The minimum atomic E-state index is -0.613. The van der Waals surface area contributed by atoms with Gasteiger partial charge in [-0.15, -0.1) is 0 Å². The number of hydrogen-bond donors (Lipinski definition) is 0. The molecule has 0 aromatic heterocycles. The maximum Gasteiger partial charge on any atom is 0.323 e. The molecule has 1 saturated heterocycles. The number of rotatable bonds is 4. The summed E-state index contributed by atoms with van der Waals surface area (Å²) in [5.74, 6) is -0.466. The number of ether oxygens (including phenoxy) is 2. The Balaban J connectivity index is 2.73. The van der Waals surface area contributed by atoms with Crippen LogP contribution in [0.3, 0.4) is 0 Å². The molecule has 0 bridgehead atoms. The van der Waals surface area contributed by atoms with Crippen LogP contribution in [-0.2, 0) is 19.1 Å². The summed E-state index contributed by atoms with van der Waals surface area (Å²) in [4.78, 5) is 25.4. The lowest BCUT2D eigenvalue weighted by atomic mass is 9.90. The third-order valence-electron chi connectivity index (χ3n) is 3.42. The zero-order chi connectivity index (χ0) is 13.8. The molecule has 1 heterocycles. The first kappa shape index (κ1) is 15.0. The van der Waals surface area contributed by atoms with E-state index in [4.69, 9.17) is 9.47 Å². The highest BCUT2D eigenvalue weighted by molar-refractivity contribution is 5.77. The van der Waals surface area contributed by atoms with Crippen LogP contribution in [0.4, 0.5) is 0 Å². The Bertz CT molecular complexity index is 314. The quantitative estimate of drug-likeness (QED) is 0.709. The Morgan fingerprint density at radius 1 is 1.22 bits per heavy atom. The third kappa shape index (κ3) is 3.45. The third-order valence-corrected chi connectivity index (χ3v) is 3.42. The van der Waals surface area contributed by atoms with Crippen LogP contribution >= 0.6 is 0 Å². The van der Waals surface area contributed by atoms with Crippen molar-refractivity contribution in [1.82, 2.24) is 4.90 Å². The van der Waals surface area contributed by atoms with Crippen molar-refractivity contribution in [2.45, 2.75) is 39.2 Å². The van der Waals surface area contributed by atoms with E-state index in [0.29, 0.717) is 6.54 Å². The van der Waals surface area contributed by atoms with Gasteiger partial charge in [-0.25, -0.2) is 0 Å². The summed E-state index contributed by atoms with van der Waals surface area (Å²) < 4.78 is 9.62. The van der Waals surface area contributed by atoms with Gasteiger partial charge in [0.1, 0.15) is 6.04 Å². The molecule has 1 rings (SSSR count). The van der Waals surface area contributed by atoms with Gasteiger partial charge in [0.2, 0.25) is 0 Å². The molecule has 0 amide bonds. The first-order chi connectivity index (χ1) is 8.42. The fourth-order valence-corrected chi connectivity index (χ4v) is 2.43. The normalized spacial score (nSPS) is 21.4. The standard InChI is InChI=1S/C13H23NO4/c1-13(2,12(16)18-4)9-14-8-6-5-7-10(14)11(15)17-3/h10H,5-9H2,1-4H3/t10-/m1/s1. The fourth-order valence-electron chi connectivity index (χ4n) is 2.43. The molecule has 1 atom stereocenters. The molecule has 1 aliphatic heterocycles. The van der Waals surface area contributed by atoms with E-state index in [0.717, 1.165) is 25.8 Å². The molecule has 0 saturated carbocycles. The average molecular weight is 257 g/mol. The van der Waals surface area contributed by atoms with Crippen molar-refractivity contribution in [3.8, 4) is 0 Å². The van der Waals surface area contributed by atoms with Crippen LogP contribution in [0.1, 0.15) is 33.1 Å². The molecule has 1 fully saturated rings. The van der Waals surface area contributed by atoms with Crippen molar-refractivity contribution >= 4 is 11.9 Å². The van der Waals surface area contributed by atoms with Gasteiger partial charge in [0, 0.05) is 6.54 Å². The monoisotopic (exact) mass is 257 g/mol. The predicted molar refractivity (Wildman–Crippen MR) is 67.0 cm³/mol. The molecule has 0 radical (unpaired) electrons. The summed E-state index contributed by atoms with van der Waals surface area (Å²) in [5.41, 5.74) is -0.613. The van der Waals surface area contributed by atoms with Gasteiger partial charge >= 0.3 is 11.9 Å². The summed E-state index contributed by atoms with van der Waals surface area (Å²) in [6.45, 7) is 5.00. The Morgan fingerprint density at radius 3 is 2.44 bits per heavy atom. The molecular formula is C13H23NO4. The van der Waals surface area contributed by atoms with Crippen LogP contribution in [0.2, 0.25) is 0 Å². The molecule has 0 aliphatic carbocycles. The van der Waals surface area contributed by atoms with Crippen molar-refractivity contribution in [2.75, 3.05) is 27.3 Å². The average Bonchev–Trinajstić information content (AvgIpc) is 2.37. The second-order valence-electron chi connectivity index (χ2n) is 5.38. The Kier molecular flexibility index (Phi) is 5.14. The van der Waals surface area contributed by atoms with E-state index in [1.807, 2.05) is 18.7 Å². The van der Waals surface area contributed by atoms with E-state index < -0.39 is 5.41 Å². The van der Waals surface area contributed by atoms with Crippen LogP contribution in [0, 0.1) is 5.41 Å². The lowest BCUT2D eigenvalue weighted by molar-refractivity contribution is -0.156.